The molecule has 1 unspecified atom stereocenters. The molecule has 0 amide bonds. The van der Waals surface area contributed by atoms with Crippen LogP contribution in [0.15, 0.2) is 48.6 Å². The first-order valence-corrected chi connectivity index (χ1v) is 5.06. The predicted octanol–water partition coefficient (Wildman–Crippen LogP) is 3.21. The highest BCUT2D eigenvalue weighted by molar-refractivity contribution is 5.72. The van der Waals surface area contributed by atoms with Gasteiger partial charge in [-0.25, -0.2) is 0 Å². The van der Waals surface area contributed by atoms with E-state index in [2.05, 4.69) is 48.3 Å². The molecule has 0 saturated heterocycles. The zero-order chi connectivity index (χ0) is 9.60. The summed E-state index contributed by atoms with van der Waals surface area (Å²) < 4.78 is 0. The topological polar surface area (TPSA) is 12.0 Å². The summed E-state index contributed by atoms with van der Waals surface area (Å²) in [6, 6.07) is 8.51. The fraction of sp³-hybridized carbons (Fsp3) is 0.231. The maximum atomic E-state index is 4.14. The lowest BCUT2D eigenvalue weighted by Gasteiger charge is -2.48. The summed E-state index contributed by atoms with van der Waals surface area (Å²) in [5, 5.41) is 3.54. The monoisotopic (exact) mass is 183 g/mol. The lowest BCUT2D eigenvalue weighted by atomic mass is 9.71. The van der Waals surface area contributed by atoms with Crippen LogP contribution >= 0.6 is 0 Å². The van der Waals surface area contributed by atoms with Crippen LogP contribution in [0.2, 0.25) is 0 Å². The molecule has 1 heterocycles. The fourth-order valence-corrected chi connectivity index (χ4v) is 2.48. The van der Waals surface area contributed by atoms with Crippen LogP contribution in [0.3, 0.4) is 0 Å². The lowest BCUT2D eigenvalue weighted by Crippen LogP contribution is -2.46. The van der Waals surface area contributed by atoms with Crippen LogP contribution < -0.4 is 5.32 Å². The Labute approximate surface area is 84.1 Å². The maximum absolute atomic E-state index is 4.14. The summed E-state index contributed by atoms with van der Waals surface area (Å²) in [5.74, 6) is 0. The van der Waals surface area contributed by atoms with E-state index < -0.39 is 0 Å². The van der Waals surface area contributed by atoms with E-state index in [0.29, 0.717) is 0 Å². The number of hydrogen-bond acceptors (Lipinski definition) is 1. The largest absolute Gasteiger partial charge is 0.371 e. The molecule has 3 rings (SSSR count). The minimum atomic E-state index is 0.0609. The summed E-state index contributed by atoms with van der Waals surface area (Å²) in [5.41, 5.74) is 3.94. The van der Waals surface area contributed by atoms with Gasteiger partial charge < -0.3 is 5.32 Å². The molecular weight excluding hydrogens is 170 g/mol. The van der Waals surface area contributed by atoms with Gasteiger partial charge in [-0.15, -0.1) is 0 Å². The van der Waals surface area contributed by atoms with Crippen LogP contribution in [-0.4, -0.2) is 0 Å². The minimum absolute atomic E-state index is 0.0609. The molecule has 70 valence electrons. The number of fused-ring (bicyclic) bond motifs is 2. The molecule has 2 aliphatic rings. The number of allylic oxidation sites excluding steroid dienone is 1. The first-order valence-electron chi connectivity index (χ1n) is 5.06. The van der Waals surface area contributed by atoms with Gasteiger partial charge in [-0.3, -0.25) is 0 Å². The molecule has 1 aliphatic heterocycles. The van der Waals surface area contributed by atoms with E-state index in [1.165, 1.54) is 16.8 Å². The third kappa shape index (κ3) is 0.796. The second kappa shape index (κ2) is 2.50. The predicted molar refractivity (Wildman–Crippen MR) is 59.3 cm³/mol. The number of hydrogen-bond donors (Lipinski definition) is 1. The van der Waals surface area contributed by atoms with Crippen LogP contribution in [-0.2, 0) is 5.54 Å². The van der Waals surface area contributed by atoms with E-state index in [4.69, 9.17) is 0 Å². The molecule has 0 fully saturated rings. The van der Waals surface area contributed by atoms with Gasteiger partial charge in [-0.1, -0.05) is 36.9 Å². The molecule has 0 radical (unpaired) electrons. The third-order valence-electron chi connectivity index (χ3n) is 3.29. The van der Waals surface area contributed by atoms with Crippen LogP contribution in [0, 0.1) is 0 Å². The standard InChI is InChI=1S/C13H13N/c1-10-6-4-5-9-13(10)11-7-2-3-8-12(11)14-13/h2-4,6-8,14H,1,5,9H2. The van der Waals surface area contributed by atoms with Crippen LogP contribution in [0.4, 0.5) is 5.69 Å². The van der Waals surface area contributed by atoms with Gasteiger partial charge in [0, 0.05) is 11.3 Å². The van der Waals surface area contributed by atoms with Crippen LogP contribution in [0.5, 0.6) is 0 Å². The average Bonchev–Trinajstić information content (AvgIpc) is 2.19. The normalized spacial score (nSPS) is 28.1. The molecular formula is C13H13N. The molecule has 1 aromatic carbocycles. The highest BCUT2D eigenvalue weighted by atomic mass is 15.1. The fourth-order valence-electron chi connectivity index (χ4n) is 2.48. The Morgan fingerprint density at radius 3 is 2.93 bits per heavy atom. The van der Waals surface area contributed by atoms with Gasteiger partial charge in [-0.2, -0.15) is 0 Å². The number of benzene rings is 1. The van der Waals surface area contributed by atoms with E-state index >= 15 is 0 Å². The lowest BCUT2D eigenvalue weighted by molar-refractivity contribution is 0.495. The van der Waals surface area contributed by atoms with Crippen molar-refractivity contribution < 1.29 is 0 Å². The zero-order valence-electron chi connectivity index (χ0n) is 8.09. The van der Waals surface area contributed by atoms with Crippen LogP contribution in [0.1, 0.15) is 18.4 Å². The maximum Gasteiger partial charge on any atom is 0.0896 e. The van der Waals surface area contributed by atoms with E-state index in [1.807, 2.05) is 0 Å². The molecule has 1 spiro atoms. The number of rotatable bonds is 0. The first kappa shape index (κ1) is 7.86. The minimum Gasteiger partial charge on any atom is -0.371 e. The number of anilines is 1. The van der Waals surface area contributed by atoms with Gasteiger partial charge in [-0.05, 0) is 24.5 Å². The van der Waals surface area contributed by atoms with Crippen molar-refractivity contribution in [3.05, 3.63) is 54.1 Å². The third-order valence-corrected chi connectivity index (χ3v) is 3.29. The van der Waals surface area contributed by atoms with Gasteiger partial charge in [0.05, 0.1) is 5.54 Å². The Balaban J connectivity index is 2.11. The number of para-hydroxylation sites is 1. The summed E-state index contributed by atoms with van der Waals surface area (Å²) in [4.78, 5) is 0. The molecule has 0 aromatic heterocycles. The van der Waals surface area contributed by atoms with Crippen molar-refractivity contribution in [3.63, 3.8) is 0 Å². The van der Waals surface area contributed by atoms with Crippen molar-refractivity contribution in [1.29, 1.82) is 0 Å². The van der Waals surface area contributed by atoms with Gasteiger partial charge in [0.15, 0.2) is 0 Å². The summed E-state index contributed by atoms with van der Waals surface area (Å²) >= 11 is 0. The first-order chi connectivity index (χ1) is 6.83. The van der Waals surface area contributed by atoms with Crippen LogP contribution in [0.25, 0.3) is 0 Å². The second-order valence-electron chi connectivity index (χ2n) is 4.04. The Morgan fingerprint density at radius 1 is 1.29 bits per heavy atom. The van der Waals surface area contributed by atoms with Gasteiger partial charge in [0.2, 0.25) is 0 Å². The number of nitrogens with one attached hydrogen (secondary N) is 1. The van der Waals surface area contributed by atoms with E-state index in [-0.39, 0.29) is 5.54 Å². The molecule has 1 aromatic rings. The van der Waals surface area contributed by atoms with Gasteiger partial charge >= 0.3 is 0 Å². The molecule has 0 saturated carbocycles. The van der Waals surface area contributed by atoms with Crippen molar-refractivity contribution in [2.75, 3.05) is 5.32 Å². The van der Waals surface area contributed by atoms with E-state index in [9.17, 15) is 0 Å². The highest BCUT2D eigenvalue weighted by Gasteiger charge is 2.43. The zero-order valence-corrected chi connectivity index (χ0v) is 8.09. The van der Waals surface area contributed by atoms with Crippen molar-refractivity contribution >= 4 is 5.69 Å². The summed E-state index contributed by atoms with van der Waals surface area (Å²) in [7, 11) is 0. The van der Waals surface area contributed by atoms with Crippen molar-refractivity contribution in [1.82, 2.24) is 0 Å². The average molecular weight is 183 g/mol. The van der Waals surface area contributed by atoms with E-state index in [0.717, 1.165) is 12.8 Å². The highest BCUT2D eigenvalue weighted by Crippen LogP contribution is 2.50. The molecule has 14 heavy (non-hydrogen) atoms. The quantitative estimate of drug-likeness (QED) is 0.651. The molecule has 1 aliphatic carbocycles. The molecule has 1 atom stereocenters. The van der Waals surface area contributed by atoms with E-state index in [1.54, 1.807) is 0 Å². The Morgan fingerprint density at radius 2 is 2.14 bits per heavy atom. The molecule has 1 heteroatoms. The summed E-state index contributed by atoms with van der Waals surface area (Å²) in [6.07, 6.45) is 6.63. The second-order valence-corrected chi connectivity index (χ2v) is 4.04. The van der Waals surface area contributed by atoms with Crippen molar-refractivity contribution in [2.45, 2.75) is 18.4 Å². The Hall–Kier alpha value is -1.50. The van der Waals surface area contributed by atoms with Crippen molar-refractivity contribution in [3.8, 4) is 0 Å². The smallest absolute Gasteiger partial charge is 0.0896 e. The van der Waals surface area contributed by atoms with Crippen molar-refractivity contribution in [2.24, 2.45) is 0 Å². The van der Waals surface area contributed by atoms with Gasteiger partial charge in [0.1, 0.15) is 0 Å². The summed E-state index contributed by atoms with van der Waals surface area (Å²) in [6.45, 7) is 4.14. The Bertz CT molecular complexity index is 431. The Kier molecular flexibility index (Phi) is 1.41. The molecule has 1 N–H and O–H groups in total. The molecule has 0 bridgehead atoms. The molecule has 1 nitrogen and oxygen atoms in total. The van der Waals surface area contributed by atoms with Gasteiger partial charge in [0.25, 0.3) is 0 Å². The SMILES string of the molecule is C=C1C=CCCC12Nc1ccccc12.